The first-order valence-electron chi connectivity index (χ1n) is 6.70. The van der Waals surface area contributed by atoms with Crippen molar-refractivity contribution in [2.24, 2.45) is 11.7 Å². The molecule has 2 aromatic rings. The third kappa shape index (κ3) is 2.57. The van der Waals surface area contributed by atoms with Crippen LogP contribution < -0.4 is 5.73 Å². The lowest BCUT2D eigenvalue weighted by Crippen LogP contribution is -2.27. The van der Waals surface area contributed by atoms with Gasteiger partial charge in [0, 0.05) is 25.2 Å². The van der Waals surface area contributed by atoms with Crippen LogP contribution in [0.25, 0.3) is 11.5 Å². The van der Waals surface area contributed by atoms with Crippen molar-refractivity contribution in [2.75, 3.05) is 13.1 Å². The van der Waals surface area contributed by atoms with Crippen LogP contribution in [0.5, 0.6) is 0 Å². The molecule has 5 heteroatoms. The van der Waals surface area contributed by atoms with E-state index in [-0.39, 0.29) is 0 Å². The molecule has 1 aliphatic rings. The van der Waals surface area contributed by atoms with Crippen LogP contribution >= 0.6 is 0 Å². The number of nitrogens with two attached hydrogens (primary N) is 1. The van der Waals surface area contributed by atoms with E-state index in [1.54, 1.807) is 6.26 Å². The number of aromatic nitrogens is 1. The first-order chi connectivity index (χ1) is 9.26. The summed E-state index contributed by atoms with van der Waals surface area (Å²) in [7, 11) is 0. The van der Waals surface area contributed by atoms with Gasteiger partial charge in [0.2, 0.25) is 5.76 Å². The molecule has 0 aliphatic carbocycles. The summed E-state index contributed by atoms with van der Waals surface area (Å²) in [4.78, 5) is 2.40. The summed E-state index contributed by atoms with van der Waals surface area (Å²) in [5.41, 5.74) is 6.69. The fraction of sp³-hybridized carbons (Fsp3) is 0.500. The van der Waals surface area contributed by atoms with Crippen LogP contribution in [0.2, 0.25) is 0 Å². The van der Waals surface area contributed by atoms with Crippen molar-refractivity contribution in [2.45, 2.75) is 25.9 Å². The summed E-state index contributed by atoms with van der Waals surface area (Å²) in [6.07, 6.45) is 2.80. The number of likely N-dealkylation sites (tertiary alicyclic amines) is 1. The summed E-state index contributed by atoms with van der Waals surface area (Å²) in [5.74, 6) is 2.00. The highest BCUT2D eigenvalue weighted by Gasteiger charge is 2.28. The van der Waals surface area contributed by atoms with Crippen LogP contribution in [0.1, 0.15) is 19.0 Å². The Morgan fingerprint density at radius 3 is 3.05 bits per heavy atom. The Labute approximate surface area is 112 Å². The van der Waals surface area contributed by atoms with Gasteiger partial charge < -0.3 is 14.7 Å². The molecule has 0 aromatic carbocycles. The van der Waals surface area contributed by atoms with Crippen molar-refractivity contribution in [3.8, 4) is 11.5 Å². The maximum atomic E-state index is 5.75. The number of furan rings is 1. The van der Waals surface area contributed by atoms with Crippen LogP contribution in [0, 0.1) is 5.92 Å². The van der Waals surface area contributed by atoms with Crippen LogP contribution in [-0.2, 0) is 6.54 Å². The van der Waals surface area contributed by atoms with E-state index in [4.69, 9.17) is 14.7 Å². The highest BCUT2D eigenvalue weighted by Crippen LogP contribution is 2.26. The van der Waals surface area contributed by atoms with Crippen LogP contribution in [-0.4, -0.2) is 29.2 Å². The zero-order chi connectivity index (χ0) is 13.2. The zero-order valence-corrected chi connectivity index (χ0v) is 11.1. The maximum Gasteiger partial charge on any atom is 0.202 e. The largest absolute Gasteiger partial charge is 0.461 e. The van der Waals surface area contributed by atoms with Gasteiger partial charge in [-0.2, -0.15) is 0 Å². The SMILES string of the molecule is CC1CC(CN)CN1Cc1cc(-c2ccco2)on1. The molecule has 0 bridgehead atoms. The Morgan fingerprint density at radius 1 is 1.47 bits per heavy atom. The molecule has 2 N–H and O–H groups in total. The molecular formula is C14H19N3O2. The van der Waals surface area contributed by atoms with Gasteiger partial charge in [-0.25, -0.2) is 0 Å². The molecule has 19 heavy (non-hydrogen) atoms. The smallest absolute Gasteiger partial charge is 0.202 e. The minimum atomic E-state index is 0.553. The second kappa shape index (κ2) is 5.19. The van der Waals surface area contributed by atoms with Crippen LogP contribution in [0.4, 0.5) is 0 Å². The van der Waals surface area contributed by atoms with Gasteiger partial charge >= 0.3 is 0 Å². The number of hydrogen-bond acceptors (Lipinski definition) is 5. The molecule has 3 rings (SSSR count). The Bertz CT molecular complexity index is 521. The zero-order valence-electron chi connectivity index (χ0n) is 11.1. The first-order valence-corrected chi connectivity index (χ1v) is 6.70. The van der Waals surface area contributed by atoms with E-state index in [0.29, 0.717) is 23.5 Å². The standard InChI is InChI=1S/C14H19N3O2/c1-10-5-11(7-15)8-17(10)9-12-6-14(19-16-12)13-3-2-4-18-13/h2-4,6,10-11H,5,7-9,15H2,1H3. The first kappa shape index (κ1) is 12.4. The predicted octanol–water partition coefficient (Wildman–Crippen LogP) is 2.10. The van der Waals surface area contributed by atoms with Crippen molar-refractivity contribution >= 4 is 0 Å². The van der Waals surface area contributed by atoms with Crippen LogP contribution in [0.15, 0.2) is 33.4 Å². The average molecular weight is 261 g/mol. The molecule has 0 amide bonds. The van der Waals surface area contributed by atoms with Gasteiger partial charge in [-0.15, -0.1) is 0 Å². The van der Waals surface area contributed by atoms with Gasteiger partial charge in [-0.05, 0) is 37.9 Å². The molecule has 102 valence electrons. The minimum Gasteiger partial charge on any atom is -0.461 e. The molecular weight excluding hydrogens is 242 g/mol. The van der Waals surface area contributed by atoms with Gasteiger partial charge in [0.1, 0.15) is 0 Å². The second-order valence-electron chi connectivity index (χ2n) is 5.28. The van der Waals surface area contributed by atoms with E-state index in [2.05, 4.69) is 17.0 Å². The van der Waals surface area contributed by atoms with E-state index in [0.717, 1.165) is 25.3 Å². The maximum absolute atomic E-state index is 5.75. The van der Waals surface area contributed by atoms with Crippen molar-refractivity contribution in [3.63, 3.8) is 0 Å². The molecule has 1 aliphatic heterocycles. The van der Waals surface area contributed by atoms with Crippen molar-refractivity contribution < 1.29 is 8.94 Å². The van der Waals surface area contributed by atoms with Gasteiger partial charge in [0.25, 0.3) is 0 Å². The molecule has 0 saturated carbocycles. The van der Waals surface area contributed by atoms with E-state index >= 15 is 0 Å². The van der Waals surface area contributed by atoms with Crippen LogP contribution in [0.3, 0.4) is 0 Å². The Morgan fingerprint density at radius 2 is 2.37 bits per heavy atom. The second-order valence-corrected chi connectivity index (χ2v) is 5.28. The highest BCUT2D eigenvalue weighted by molar-refractivity contribution is 5.49. The fourth-order valence-corrected chi connectivity index (χ4v) is 2.74. The normalized spacial score (nSPS) is 24.1. The average Bonchev–Trinajstić information content (AvgIpc) is 3.11. The van der Waals surface area contributed by atoms with E-state index in [9.17, 15) is 0 Å². The Kier molecular flexibility index (Phi) is 3.40. The summed E-state index contributed by atoms with van der Waals surface area (Å²) in [6.45, 7) is 4.85. The van der Waals surface area contributed by atoms with Crippen molar-refractivity contribution in [1.82, 2.24) is 10.1 Å². The van der Waals surface area contributed by atoms with Gasteiger partial charge in [-0.1, -0.05) is 5.16 Å². The summed E-state index contributed by atoms with van der Waals surface area (Å²) < 4.78 is 10.6. The minimum absolute atomic E-state index is 0.553. The third-order valence-corrected chi connectivity index (χ3v) is 3.81. The number of rotatable bonds is 4. The Hall–Kier alpha value is -1.59. The molecule has 5 nitrogen and oxygen atoms in total. The summed E-state index contributed by atoms with van der Waals surface area (Å²) in [5, 5.41) is 4.11. The topological polar surface area (TPSA) is 68.4 Å². The van der Waals surface area contributed by atoms with Gasteiger partial charge in [0.15, 0.2) is 5.76 Å². The highest BCUT2D eigenvalue weighted by atomic mass is 16.5. The molecule has 1 fully saturated rings. The fourth-order valence-electron chi connectivity index (χ4n) is 2.74. The van der Waals surface area contributed by atoms with E-state index in [1.807, 2.05) is 18.2 Å². The molecule has 3 heterocycles. The molecule has 2 aromatic heterocycles. The number of hydrogen-bond donors (Lipinski definition) is 1. The predicted molar refractivity (Wildman–Crippen MR) is 71.2 cm³/mol. The third-order valence-electron chi connectivity index (χ3n) is 3.81. The molecule has 1 saturated heterocycles. The van der Waals surface area contributed by atoms with Gasteiger partial charge in [-0.3, -0.25) is 4.90 Å². The lowest BCUT2D eigenvalue weighted by Gasteiger charge is -2.19. The van der Waals surface area contributed by atoms with E-state index in [1.165, 1.54) is 6.42 Å². The van der Waals surface area contributed by atoms with Crippen molar-refractivity contribution in [3.05, 3.63) is 30.2 Å². The van der Waals surface area contributed by atoms with Gasteiger partial charge in [0.05, 0.1) is 12.0 Å². The van der Waals surface area contributed by atoms with E-state index < -0.39 is 0 Å². The monoisotopic (exact) mass is 261 g/mol. The molecule has 2 unspecified atom stereocenters. The quantitative estimate of drug-likeness (QED) is 0.912. The Balaban J connectivity index is 1.68. The molecule has 0 radical (unpaired) electrons. The lowest BCUT2D eigenvalue weighted by molar-refractivity contribution is 0.247. The number of nitrogens with zero attached hydrogens (tertiary/aromatic N) is 2. The molecule has 2 atom stereocenters. The van der Waals surface area contributed by atoms with Crippen molar-refractivity contribution in [1.29, 1.82) is 0 Å². The lowest BCUT2D eigenvalue weighted by atomic mass is 10.1. The molecule has 0 spiro atoms. The summed E-state index contributed by atoms with van der Waals surface area (Å²) >= 11 is 0. The summed E-state index contributed by atoms with van der Waals surface area (Å²) in [6, 6.07) is 6.21.